The molecule has 1 aliphatic heterocycles. The Morgan fingerprint density at radius 1 is 1.03 bits per heavy atom. The second-order valence-corrected chi connectivity index (χ2v) is 6.81. The van der Waals surface area contributed by atoms with E-state index in [0.717, 1.165) is 30.2 Å². The molecule has 0 spiro atoms. The van der Waals surface area contributed by atoms with Gasteiger partial charge in [0.2, 0.25) is 0 Å². The summed E-state index contributed by atoms with van der Waals surface area (Å²) in [7, 11) is 0. The first-order chi connectivity index (χ1) is 14.7. The minimum atomic E-state index is -0.315. The van der Waals surface area contributed by atoms with Crippen molar-refractivity contribution in [2.45, 2.75) is 0 Å². The maximum Gasteiger partial charge on any atom is 0.274 e. The molecule has 0 bridgehead atoms. The Hall–Kier alpha value is -3.89. The Balaban J connectivity index is 1.50. The van der Waals surface area contributed by atoms with Gasteiger partial charge in [0.15, 0.2) is 0 Å². The van der Waals surface area contributed by atoms with Crippen LogP contribution in [0.25, 0.3) is 0 Å². The van der Waals surface area contributed by atoms with Crippen molar-refractivity contribution >= 4 is 28.7 Å². The Kier molecular flexibility index (Phi) is 5.88. The zero-order valence-electron chi connectivity index (χ0n) is 16.3. The molecule has 0 aliphatic carbocycles. The first kappa shape index (κ1) is 19.4. The highest BCUT2D eigenvalue weighted by atomic mass is 16.5. The minimum Gasteiger partial charge on any atom is -0.378 e. The monoisotopic (exact) mass is 399 g/mol. The number of rotatable bonds is 5. The number of benzene rings is 2. The summed E-state index contributed by atoms with van der Waals surface area (Å²) in [5, 5.41) is 15.1. The van der Waals surface area contributed by atoms with Crippen molar-refractivity contribution in [1.82, 2.24) is 4.98 Å². The highest BCUT2D eigenvalue weighted by Gasteiger charge is 2.15. The molecule has 1 aliphatic rings. The van der Waals surface area contributed by atoms with Crippen LogP contribution in [-0.4, -0.2) is 37.2 Å². The lowest BCUT2D eigenvalue weighted by Crippen LogP contribution is -2.36. The second-order valence-electron chi connectivity index (χ2n) is 6.81. The van der Waals surface area contributed by atoms with Crippen LogP contribution in [0.1, 0.15) is 16.1 Å². The summed E-state index contributed by atoms with van der Waals surface area (Å²) in [5.74, 6) is -0.315. The molecule has 2 aromatic carbocycles. The molecule has 0 saturated carbocycles. The van der Waals surface area contributed by atoms with Gasteiger partial charge in [0.25, 0.3) is 5.91 Å². The molecule has 7 heteroatoms. The van der Waals surface area contributed by atoms with Crippen LogP contribution < -0.4 is 15.5 Å². The van der Waals surface area contributed by atoms with Crippen molar-refractivity contribution < 1.29 is 9.53 Å². The van der Waals surface area contributed by atoms with Gasteiger partial charge in [0.1, 0.15) is 5.69 Å². The van der Waals surface area contributed by atoms with Crippen LogP contribution >= 0.6 is 0 Å². The Labute approximate surface area is 174 Å². The lowest BCUT2D eigenvalue weighted by molar-refractivity contribution is 0.102. The van der Waals surface area contributed by atoms with Gasteiger partial charge >= 0.3 is 0 Å². The zero-order chi connectivity index (χ0) is 20.8. The SMILES string of the molecule is N#Cc1ccc(NC(=O)c2cc(Nc3ccccc3N3CCOCC3)ccn2)cc1. The first-order valence-electron chi connectivity index (χ1n) is 9.69. The number of hydrogen-bond donors (Lipinski definition) is 2. The summed E-state index contributed by atoms with van der Waals surface area (Å²) in [6.07, 6.45) is 1.60. The van der Waals surface area contributed by atoms with E-state index in [1.807, 2.05) is 24.3 Å². The zero-order valence-corrected chi connectivity index (χ0v) is 16.3. The number of nitrogens with zero attached hydrogens (tertiary/aromatic N) is 3. The standard InChI is InChI=1S/C23H21N5O2/c24-16-17-5-7-18(8-6-17)27-23(29)21-15-19(9-10-25-21)26-20-3-1-2-4-22(20)28-11-13-30-14-12-28/h1-10,15H,11-14H2,(H,25,26)(H,27,29). The normalized spacial score (nSPS) is 13.4. The van der Waals surface area contributed by atoms with E-state index in [4.69, 9.17) is 10.00 Å². The quantitative estimate of drug-likeness (QED) is 0.678. The second kappa shape index (κ2) is 9.07. The molecule has 4 rings (SSSR count). The molecule has 1 fully saturated rings. The number of ether oxygens (including phenoxy) is 1. The van der Waals surface area contributed by atoms with Gasteiger partial charge in [0, 0.05) is 30.7 Å². The van der Waals surface area contributed by atoms with Crippen LogP contribution in [0.3, 0.4) is 0 Å². The number of pyridine rings is 1. The molecule has 1 aromatic heterocycles. The van der Waals surface area contributed by atoms with Crippen molar-refractivity contribution in [3.8, 4) is 6.07 Å². The van der Waals surface area contributed by atoms with Gasteiger partial charge in [-0.05, 0) is 48.5 Å². The molecule has 150 valence electrons. The molecule has 0 unspecified atom stereocenters. The Morgan fingerprint density at radius 3 is 2.57 bits per heavy atom. The number of hydrogen-bond acceptors (Lipinski definition) is 6. The number of amides is 1. The van der Waals surface area contributed by atoms with Gasteiger partial charge in [-0.1, -0.05) is 12.1 Å². The van der Waals surface area contributed by atoms with Crippen LogP contribution in [0.15, 0.2) is 66.9 Å². The fourth-order valence-electron chi connectivity index (χ4n) is 3.27. The summed E-state index contributed by atoms with van der Waals surface area (Å²) in [4.78, 5) is 19.1. The molecule has 0 radical (unpaired) electrons. The Morgan fingerprint density at radius 2 is 1.80 bits per heavy atom. The largest absolute Gasteiger partial charge is 0.378 e. The third-order valence-corrected chi connectivity index (χ3v) is 4.80. The van der Waals surface area contributed by atoms with Gasteiger partial charge in [-0.15, -0.1) is 0 Å². The fourth-order valence-corrected chi connectivity index (χ4v) is 3.27. The number of anilines is 4. The van der Waals surface area contributed by atoms with Crippen molar-refractivity contribution in [2.75, 3.05) is 41.8 Å². The Bertz CT molecular complexity index is 1070. The fraction of sp³-hybridized carbons (Fsp3) is 0.174. The van der Waals surface area contributed by atoms with E-state index >= 15 is 0 Å². The van der Waals surface area contributed by atoms with E-state index in [2.05, 4.69) is 32.7 Å². The number of carbonyl (C=O) groups excluding carboxylic acids is 1. The topological polar surface area (TPSA) is 90.3 Å². The highest BCUT2D eigenvalue weighted by Crippen LogP contribution is 2.29. The van der Waals surface area contributed by atoms with E-state index in [1.54, 1.807) is 36.5 Å². The summed E-state index contributed by atoms with van der Waals surface area (Å²) in [6, 6.07) is 20.4. The predicted molar refractivity (Wildman–Crippen MR) is 116 cm³/mol. The predicted octanol–water partition coefficient (Wildman–Crippen LogP) is 3.79. The van der Waals surface area contributed by atoms with Gasteiger partial charge in [-0.2, -0.15) is 5.26 Å². The van der Waals surface area contributed by atoms with E-state index in [9.17, 15) is 4.79 Å². The van der Waals surface area contributed by atoms with Crippen molar-refractivity contribution in [3.05, 3.63) is 78.1 Å². The number of aromatic nitrogens is 1. The third-order valence-electron chi connectivity index (χ3n) is 4.80. The van der Waals surface area contributed by atoms with Gasteiger partial charge in [-0.3, -0.25) is 9.78 Å². The molecule has 2 heterocycles. The number of morpholine rings is 1. The molecule has 1 amide bonds. The number of carbonyl (C=O) groups is 1. The van der Waals surface area contributed by atoms with Crippen LogP contribution in [-0.2, 0) is 4.74 Å². The van der Waals surface area contributed by atoms with Crippen LogP contribution in [0.4, 0.5) is 22.7 Å². The maximum absolute atomic E-state index is 12.6. The van der Waals surface area contributed by atoms with Gasteiger partial charge < -0.3 is 20.3 Å². The van der Waals surface area contributed by atoms with Crippen LogP contribution in [0, 0.1) is 11.3 Å². The number of nitrogens with one attached hydrogen (secondary N) is 2. The van der Waals surface area contributed by atoms with Crippen LogP contribution in [0.5, 0.6) is 0 Å². The van der Waals surface area contributed by atoms with Crippen molar-refractivity contribution in [2.24, 2.45) is 0 Å². The lowest BCUT2D eigenvalue weighted by atomic mass is 10.2. The molecular formula is C23H21N5O2. The highest BCUT2D eigenvalue weighted by molar-refractivity contribution is 6.03. The van der Waals surface area contributed by atoms with Gasteiger partial charge in [-0.25, -0.2) is 0 Å². The third kappa shape index (κ3) is 4.57. The summed E-state index contributed by atoms with van der Waals surface area (Å²) < 4.78 is 5.45. The van der Waals surface area contributed by atoms with E-state index in [1.165, 1.54) is 0 Å². The summed E-state index contributed by atoms with van der Waals surface area (Å²) in [6.45, 7) is 3.10. The molecule has 2 N–H and O–H groups in total. The summed E-state index contributed by atoms with van der Waals surface area (Å²) >= 11 is 0. The lowest BCUT2D eigenvalue weighted by Gasteiger charge is -2.30. The molecular weight excluding hydrogens is 378 g/mol. The van der Waals surface area contributed by atoms with Crippen molar-refractivity contribution in [3.63, 3.8) is 0 Å². The summed E-state index contributed by atoms with van der Waals surface area (Å²) in [5.41, 5.74) is 4.28. The molecule has 30 heavy (non-hydrogen) atoms. The maximum atomic E-state index is 12.6. The minimum absolute atomic E-state index is 0.299. The van der Waals surface area contributed by atoms with Crippen molar-refractivity contribution in [1.29, 1.82) is 5.26 Å². The molecule has 0 atom stereocenters. The average Bonchev–Trinajstić information content (AvgIpc) is 2.81. The smallest absolute Gasteiger partial charge is 0.274 e. The van der Waals surface area contributed by atoms with Crippen LogP contribution in [0.2, 0.25) is 0 Å². The van der Waals surface area contributed by atoms with Gasteiger partial charge in [0.05, 0.1) is 36.2 Å². The average molecular weight is 399 g/mol. The molecule has 3 aromatic rings. The van der Waals surface area contributed by atoms with E-state index in [-0.39, 0.29) is 5.91 Å². The number of para-hydroxylation sites is 2. The molecule has 7 nitrogen and oxygen atoms in total. The van der Waals surface area contributed by atoms with E-state index < -0.39 is 0 Å². The number of nitriles is 1. The molecule has 1 saturated heterocycles. The first-order valence-corrected chi connectivity index (χ1v) is 9.69. The van der Waals surface area contributed by atoms with E-state index in [0.29, 0.717) is 30.2 Å².